The van der Waals surface area contributed by atoms with Gasteiger partial charge in [-0.3, -0.25) is 10.1 Å². The maximum atomic E-state index is 12.2. The number of hydrogen-bond acceptors (Lipinski definition) is 5. The van der Waals surface area contributed by atoms with E-state index >= 15 is 0 Å². The van der Waals surface area contributed by atoms with Crippen molar-refractivity contribution < 1.29 is 9.21 Å². The Kier molecular flexibility index (Phi) is 3.35. The van der Waals surface area contributed by atoms with Gasteiger partial charge >= 0.3 is 0 Å². The Labute approximate surface area is 121 Å². The third-order valence-electron chi connectivity index (χ3n) is 3.43. The van der Waals surface area contributed by atoms with Crippen LogP contribution in [0.3, 0.4) is 0 Å². The van der Waals surface area contributed by atoms with Gasteiger partial charge in [-0.1, -0.05) is 0 Å². The third-order valence-corrected chi connectivity index (χ3v) is 4.43. The molecule has 3 heterocycles. The van der Waals surface area contributed by atoms with Gasteiger partial charge in [-0.05, 0) is 27.0 Å². The van der Waals surface area contributed by atoms with Gasteiger partial charge in [0.2, 0.25) is 0 Å². The summed E-state index contributed by atoms with van der Waals surface area (Å²) in [5.41, 5.74) is 1.69. The summed E-state index contributed by atoms with van der Waals surface area (Å²) in [7, 11) is 2.10. The van der Waals surface area contributed by atoms with E-state index in [1.165, 1.54) is 4.88 Å². The lowest BCUT2D eigenvalue weighted by molar-refractivity contribution is 0.102. The fraction of sp³-hybridized carbons (Fsp3) is 0.429. The number of rotatable bonds is 2. The largest absolute Gasteiger partial charge is 0.466 e. The average Bonchev–Trinajstić information content (AvgIpc) is 2.91. The van der Waals surface area contributed by atoms with Crippen LogP contribution in [0.15, 0.2) is 10.5 Å². The molecular weight excluding hydrogens is 274 g/mol. The molecule has 0 fully saturated rings. The number of aryl methyl sites for hydroxylation is 2. The number of carbonyl (C=O) groups is 1. The molecule has 5 nitrogen and oxygen atoms in total. The van der Waals surface area contributed by atoms with Crippen molar-refractivity contribution in [1.82, 2.24) is 9.88 Å². The first-order chi connectivity index (χ1) is 9.52. The highest BCUT2D eigenvalue weighted by Gasteiger charge is 2.20. The molecule has 0 bridgehead atoms. The molecule has 3 rings (SSSR count). The average molecular weight is 291 g/mol. The Morgan fingerprint density at radius 1 is 1.50 bits per heavy atom. The van der Waals surface area contributed by atoms with E-state index in [-0.39, 0.29) is 5.91 Å². The fourth-order valence-electron chi connectivity index (χ4n) is 2.40. The van der Waals surface area contributed by atoms with E-state index < -0.39 is 0 Å². The lowest BCUT2D eigenvalue weighted by atomic mass is 10.2. The topological polar surface area (TPSA) is 58.4 Å². The van der Waals surface area contributed by atoms with Crippen LogP contribution in [0, 0.1) is 13.8 Å². The van der Waals surface area contributed by atoms with Crippen LogP contribution in [-0.2, 0) is 13.0 Å². The predicted molar refractivity (Wildman–Crippen MR) is 78.3 cm³/mol. The van der Waals surface area contributed by atoms with Gasteiger partial charge in [0.05, 0.1) is 11.3 Å². The first-order valence-electron chi connectivity index (χ1n) is 6.58. The summed E-state index contributed by atoms with van der Waals surface area (Å²) in [4.78, 5) is 20.2. The van der Waals surface area contributed by atoms with Crippen LogP contribution in [0.5, 0.6) is 0 Å². The maximum Gasteiger partial charge on any atom is 0.260 e. The van der Waals surface area contributed by atoms with Gasteiger partial charge < -0.3 is 9.32 Å². The number of aromatic nitrogens is 1. The molecule has 1 aliphatic rings. The van der Waals surface area contributed by atoms with Crippen molar-refractivity contribution in [2.45, 2.75) is 26.8 Å². The molecule has 2 aromatic rings. The number of amides is 1. The second kappa shape index (κ2) is 5.03. The zero-order valence-corrected chi connectivity index (χ0v) is 12.6. The van der Waals surface area contributed by atoms with Gasteiger partial charge in [-0.2, -0.15) is 0 Å². The standard InChI is InChI=1S/C14H17N3O2S/c1-8-6-10(9(2)19-8)13(18)16-14-15-11-4-5-17(3)7-12(11)20-14/h6H,4-5,7H2,1-3H3,(H,15,16,18). The first-order valence-corrected chi connectivity index (χ1v) is 7.40. The second-order valence-corrected chi connectivity index (χ2v) is 6.24. The zero-order valence-electron chi connectivity index (χ0n) is 11.8. The number of nitrogens with zero attached hydrogens (tertiary/aromatic N) is 2. The number of fused-ring (bicyclic) bond motifs is 1. The van der Waals surface area contributed by atoms with E-state index in [9.17, 15) is 4.79 Å². The molecule has 6 heteroatoms. The van der Waals surface area contributed by atoms with Gasteiger partial charge in [0, 0.05) is 24.4 Å². The highest BCUT2D eigenvalue weighted by Crippen LogP contribution is 2.28. The molecule has 0 aliphatic carbocycles. The van der Waals surface area contributed by atoms with Crippen LogP contribution in [0.1, 0.15) is 32.4 Å². The molecule has 0 radical (unpaired) electrons. The zero-order chi connectivity index (χ0) is 14.3. The lowest BCUT2D eigenvalue weighted by Gasteiger charge is -2.20. The Balaban J connectivity index is 1.78. The lowest BCUT2D eigenvalue weighted by Crippen LogP contribution is -2.25. The van der Waals surface area contributed by atoms with Crippen LogP contribution in [-0.4, -0.2) is 29.4 Å². The van der Waals surface area contributed by atoms with E-state index in [0.717, 1.165) is 31.0 Å². The van der Waals surface area contributed by atoms with Gasteiger partial charge in [-0.15, -0.1) is 11.3 Å². The van der Waals surface area contributed by atoms with Crippen molar-refractivity contribution in [2.24, 2.45) is 0 Å². The molecule has 0 spiro atoms. The minimum absolute atomic E-state index is 0.154. The van der Waals surface area contributed by atoms with E-state index in [0.29, 0.717) is 16.5 Å². The summed E-state index contributed by atoms with van der Waals surface area (Å²) in [6.45, 7) is 5.56. The minimum Gasteiger partial charge on any atom is -0.466 e. The number of carbonyl (C=O) groups excluding carboxylic acids is 1. The molecule has 1 amide bonds. The highest BCUT2D eigenvalue weighted by molar-refractivity contribution is 7.15. The van der Waals surface area contributed by atoms with Crippen LogP contribution in [0.25, 0.3) is 0 Å². The van der Waals surface area contributed by atoms with Crippen LogP contribution >= 0.6 is 11.3 Å². The molecular formula is C14H17N3O2S. The van der Waals surface area contributed by atoms with Crippen LogP contribution in [0.4, 0.5) is 5.13 Å². The number of furan rings is 1. The van der Waals surface area contributed by atoms with E-state index in [2.05, 4.69) is 22.2 Å². The molecule has 20 heavy (non-hydrogen) atoms. The van der Waals surface area contributed by atoms with Gasteiger partial charge in [0.1, 0.15) is 11.5 Å². The number of thiazole rings is 1. The Morgan fingerprint density at radius 3 is 3.00 bits per heavy atom. The van der Waals surface area contributed by atoms with E-state index in [1.54, 1.807) is 24.3 Å². The smallest absolute Gasteiger partial charge is 0.260 e. The summed E-state index contributed by atoms with van der Waals surface area (Å²) < 4.78 is 5.38. The predicted octanol–water partition coefficient (Wildman–Crippen LogP) is 2.59. The molecule has 106 valence electrons. The number of hydrogen-bond donors (Lipinski definition) is 1. The molecule has 1 N–H and O–H groups in total. The van der Waals surface area contributed by atoms with E-state index in [4.69, 9.17) is 4.42 Å². The van der Waals surface area contributed by atoms with Gasteiger partial charge in [0.15, 0.2) is 5.13 Å². The molecule has 0 unspecified atom stereocenters. The fourth-order valence-corrected chi connectivity index (χ4v) is 3.48. The Hall–Kier alpha value is -1.66. The van der Waals surface area contributed by atoms with Crippen molar-refractivity contribution in [3.05, 3.63) is 33.7 Å². The maximum absolute atomic E-state index is 12.2. The molecule has 0 aromatic carbocycles. The Bertz CT molecular complexity index is 659. The summed E-state index contributed by atoms with van der Waals surface area (Å²) in [5.74, 6) is 1.23. The van der Waals surface area contributed by atoms with Gasteiger partial charge in [0.25, 0.3) is 5.91 Å². The second-order valence-electron chi connectivity index (χ2n) is 5.16. The van der Waals surface area contributed by atoms with Crippen molar-refractivity contribution in [3.63, 3.8) is 0 Å². The Morgan fingerprint density at radius 2 is 2.30 bits per heavy atom. The molecule has 2 aromatic heterocycles. The monoisotopic (exact) mass is 291 g/mol. The summed E-state index contributed by atoms with van der Waals surface area (Å²) >= 11 is 1.56. The normalized spacial score (nSPS) is 15.2. The molecule has 0 saturated heterocycles. The molecule has 0 atom stereocenters. The summed E-state index contributed by atoms with van der Waals surface area (Å²) in [6.07, 6.45) is 0.946. The van der Waals surface area contributed by atoms with Crippen molar-refractivity contribution in [2.75, 3.05) is 18.9 Å². The first kappa shape index (κ1) is 13.3. The third kappa shape index (κ3) is 2.48. The van der Waals surface area contributed by atoms with E-state index in [1.807, 2.05) is 6.92 Å². The van der Waals surface area contributed by atoms with Crippen LogP contribution in [0.2, 0.25) is 0 Å². The van der Waals surface area contributed by atoms with Crippen molar-refractivity contribution in [1.29, 1.82) is 0 Å². The molecule has 0 saturated carbocycles. The minimum atomic E-state index is -0.154. The summed E-state index contributed by atoms with van der Waals surface area (Å²) in [6, 6.07) is 1.76. The van der Waals surface area contributed by atoms with Crippen molar-refractivity contribution >= 4 is 22.4 Å². The summed E-state index contributed by atoms with van der Waals surface area (Å²) in [5, 5.41) is 3.55. The number of nitrogens with one attached hydrogen (secondary N) is 1. The highest BCUT2D eigenvalue weighted by atomic mass is 32.1. The SMILES string of the molecule is Cc1cc(C(=O)Nc2nc3c(s2)CN(C)CC3)c(C)o1. The van der Waals surface area contributed by atoms with Gasteiger partial charge in [-0.25, -0.2) is 4.98 Å². The van der Waals surface area contributed by atoms with Crippen LogP contribution < -0.4 is 5.32 Å². The quantitative estimate of drug-likeness (QED) is 0.924. The van der Waals surface area contributed by atoms with Crippen molar-refractivity contribution in [3.8, 4) is 0 Å². The number of likely N-dealkylation sites (N-methyl/N-ethyl adjacent to an activating group) is 1. The number of anilines is 1. The molecule has 1 aliphatic heterocycles.